The molecular weight excluding hydrogens is 573 g/mol. The minimum Gasteiger partial charge on any atom is -0.477 e. The van der Waals surface area contributed by atoms with E-state index in [2.05, 4.69) is 5.32 Å². The lowest BCUT2D eigenvalue weighted by Gasteiger charge is -2.38. The van der Waals surface area contributed by atoms with E-state index in [-0.39, 0.29) is 46.4 Å². The molecule has 0 aliphatic carbocycles. The smallest absolute Gasteiger partial charge is 0.262 e. The Morgan fingerprint density at radius 1 is 0.950 bits per heavy atom. The number of amides is 2. The van der Waals surface area contributed by atoms with Gasteiger partial charge in [-0.05, 0) is 55.2 Å². The van der Waals surface area contributed by atoms with Gasteiger partial charge in [-0.15, -0.1) is 0 Å². The molecule has 1 fully saturated rings. The van der Waals surface area contributed by atoms with Crippen molar-refractivity contribution in [3.05, 3.63) is 88.4 Å². The molecule has 1 atom stereocenters. The van der Waals surface area contributed by atoms with Crippen molar-refractivity contribution < 1.29 is 22.7 Å². The highest BCUT2D eigenvalue weighted by molar-refractivity contribution is 7.89. The molecule has 0 bridgehead atoms. The van der Waals surface area contributed by atoms with Gasteiger partial charge in [0.2, 0.25) is 15.9 Å². The predicted octanol–water partition coefficient (Wildman–Crippen LogP) is 4.55. The van der Waals surface area contributed by atoms with Crippen molar-refractivity contribution in [2.75, 3.05) is 31.1 Å². The van der Waals surface area contributed by atoms with Crippen LogP contribution < -0.4 is 15.0 Å². The molecule has 1 N–H and O–H groups in total. The highest BCUT2D eigenvalue weighted by atomic mass is 35.5. The molecule has 0 aromatic heterocycles. The van der Waals surface area contributed by atoms with Crippen molar-refractivity contribution in [2.45, 2.75) is 30.3 Å². The first-order valence-electron chi connectivity index (χ1n) is 13.1. The van der Waals surface area contributed by atoms with Crippen LogP contribution in [0.4, 0.5) is 5.69 Å². The van der Waals surface area contributed by atoms with Gasteiger partial charge in [-0.25, -0.2) is 8.42 Å². The van der Waals surface area contributed by atoms with Crippen LogP contribution in [0.15, 0.2) is 77.7 Å². The van der Waals surface area contributed by atoms with Gasteiger partial charge in [0.15, 0.2) is 6.10 Å². The second-order valence-corrected chi connectivity index (χ2v) is 12.6. The van der Waals surface area contributed by atoms with Crippen LogP contribution in [0, 0.1) is 5.92 Å². The van der Waals surface area contributed by atoms with E-state index < -0.39 is 22.0 Å². The number of halogens is 2. The number of anilines is 1. The number of nitrogens with one attached hydrogen (secondary N) is 1. The fourth-order valence-corrected chi connectivity index (χ4v) is 7.25. The molecule has 8 nitrogen and oxygen atoms in total. The number of carbonyl (C=O) groups excluding carboxylic acids is 2. The van der Waals surface area contributed by atoms with Crippen LogP contribution in [0.2, 0.25) is 10.0 Å². The molecule has 40 heavy (non-hydrogen) atoms. The van der Waals surface area contributed by atoms with E-state index >= 15 is 0 Å². The molecule has 3 aromatic carbocycles. The average Bonchev–Trinajstić information content (AvgIpc) is 2.98. The second kappa shape index (κ2) is 12.2. The summed E-state index contributed by atoms with van der Waals surface area (Å²) in [4.78, 5) is 28.3. The van der Waals surface area contributed by atoms with E-state index in [1.165, 1.54) is 22.5 Å². The summed E-state index contributed by atoms with van der Waals surface area (Å²) < 4.78 is 33.8. The van der Waals surface area contributed by atoms with E-state index in [9.17, 15) is 18.0 Å². The van der Waals surface area contributed by atoms with Crippen LogP contribution in [0.5, 0.6) is 5.75 Å². The Morgan fingerprint density at radius 2 is 1.65 bits per heavy atom. The Labute approximate surface area is 243 Å². The number of hydrogen-bond acceptors (Lipinski definition) is 5. The maximum Gasteiger partial charge on any atom is 0.262 e. The van der Waals surface area contributed by atoms with Gasteiger partial charge >= 0.3 is 0 Å². The number of benzene rings is 3. The van der Waals surface area contributed by atoms with Crippen LogP contribution >= 0.6 is 23.2 Å². The Bertz CT molecular complexity index is 1490. The van der Waals surface area contributed by atoms with Crippen molar-refractivity contribution >= 4 is 50.7 Å². The molecule has 2 aliphatic heterocycles. The monoisotopic (exact) mass is 601 g/mol. The molecule has 3 aromatic rings. The SMILES string of the molecule is O=C(NCCc1ccccc1)[C@@H]1CN(C(=O)C2CCN(S(=O)(=O)c3cc(Cl)ccc3Cl)CC2)c2ccccc2O1. The highest BCUT2D eigenvalue weighted by Gasteiger charge is 2.39. The van der Waals surface area contributed by atoms with Crippen molar-refractivity contribution in [1.82, 2.24) is 9.62 Å². The Morgan fingerprint density at radius 3 is 2.40 bits per heavy atom. The summed E-state index contributed by atoms with van der Waals surface area (Å²) in [5, 5.41) is 3.30. The highest BCUT2D eigenvalue weighted by Crippen LogP contribution is 2.36. The first-order valence-corrected chi connectivity index (χ1v) is 15.3. The summed E-state index contributed by atoms with van der Waals surface area (Å²) in [5.41, 5.74) is 1.71. The summed E-state index contributed by atoms with van der Waals surface area (Å²) >= 11 is 12.2. The second-order valence-electron chi connectivity index (χ2n) is 9.80. The van der Waals surface area contributed by atoms with Crippen LogP contribution in [-0.2, 0) is 26.0 Å². The zero-order valence-electron chi connectivity index (χ0n) is 21.6. The van der Waals surface area contributed by atoms with Gasteiger partial charge in [0.05, 0.1) is 17.3 Å². The van der Waals surface area contributed by atoms with Crippen LogP contribution in [0.1, 0.15) is 18.4 Å². The molecule has 2 aliphatic rings. The van der Waals surface area contributed by atoms with Gasteiger partial charge in [0.25, 0.3) is 5.91 Å². The summed E-state index contributed by atoms with van der Waals surface area (Å²) in [5.74, 6) is -0.395. The van der Waals surface area contributed by atoms with E-state index in [1.807, 2.05) is 36.4 Å². The number of hydrogen-bond donors (Lipinski definition) is 1. The van der Waals surface area contributed by atoms with E-state index in [1.54, 1.807) is 23.1 Å². The Kier molecular flexibility index (Phi) is 8.65. The molecule has 210 valence electrons. The standard InChI is InChI=1S/C29H29Cl2N3O5S/c30-22-10-11-23(31)27(18-22)40(37,38)33-16-13-21(14-17-33)29(36)34-19-26(39-25-9-5-4-8-24(25)34)28(35)32-15-12-20-6-2-1-3-7-20/h1-11,18,21,26H,12-17,19H2,(H,32,35)/t26-/m0/s1. The molecule has 1 saturated heterocycles. The van der Waals surface area contributed by atoms with Crippen molar-refractivity contribution in [3.63, 3.8) is 0 Å². The lowest BCUT2D eigenvalue weighted by atomic mass is 9.95. The lowest BCUT2D eigenvalue weighted by molar-refractivity contribution is -0.129. The number of nitrogens with zero attached hydrogens (tertiary/aromatic N) is 2. The molecule has 0 unspecified atom stereocenters. The van der Waals surface area contributed by atoms with Gasteiger partial charge in [-0.1, -0.05) is 65.7 Å². The maximum absolute atomic E-state index is 13.7. The van der Waals surface area contributed by atoms with Crippen LogP contribution in [0.3, 0.4) is 0 Å². The largest absolute Gasteiger partial charge is 0.477 e. The summed E-state index contributed by atoms with van der Waals surface area (Å²) in [6, 6.07) is 21.3. The number of fused-ring (bicyclic) bond motifs is 1. The molecular formula is C29H29Cl2N3O5S. The van der Waals surface area contributed by atoms with Gasteiger partial charge in [-0.2, -0.15) is 4.31 Å². The molecule has 0 spiro atoms. The minimum atomic E-state index is -3.87. The predicted molar refractivity (Wildman–Crippen MR) is 154 cm³/mol. The van der Waals surface area contributed by atoms with Crippen molar-refractivity contribution in [3.8, 4) is 5.75 Å². The summed E-state index contributed by atoms with van der Waals surface area (Å²) in [6.07, 6.45) is 0.494. The van der Waals surface area contributed by atoms with Gasteiger partial charge in [0, 0.05) is 30.6 Å². The first kappa shape index (κ1) is 28.4. The Balaban J connectivity index is 1.25. The number of ether oxygens (including phenoxy) is 1. The van der Waals surface area contributed by atoms with Gasteiger partial charge < -0.3 is 15.0 Å². The topological polar surface area (TPSA) is 96.0 Å². The first-order chi connectivity index (χ1) is 19.2. The van der Waals surface area contributed by atoms with E-state index in [4.69, 9.17) is 27.9 Å². The van der Waals surface area contributed by atoms with E-state index in [0.717, 1.165) is 5.56 Å². The molecule has 2 heterocycles. The third kappa shape index (κ3) is 6.12. The third-order valence-electron chi connectivity index (χ3n) is 7.20. The number of sulfonamides is 1. The number of carbonyl (C=O) groups is 2. The maximum atomic E-state index is 13.7. The van der Waals surface area contributed by atoms with Crippen molar-refractivity contribution in [2.24, 2.45) is 5.92 Å². The fourth-order valence-electron chi connectivity index (χ4n) is 5.05. The molecule has 0 radical (unpaired) electrons. The molecule has 11 heteroatoms. The zero-order valence-corrected chi connectivity index (χ0v) is 24.0. The number of piperidine rings is 1. The number of para-hydroxylation sites is 2. The zero-order chi connectivity index (χ0) is 28.3. The van der Waals surface area contributed by atoms with Gasteiger partial charge in [-0.3, -0.25) is 9.59 Å². The molecule has 2 amide bonds. The third-order valence-corrected chi connectivity index (χ3v) is 9.82. The normalized spacial score (nSPS) is 18.1. The summed E-state index contributed by atoms with van der Waals surface area (Å²) in [6.45, 7) is 0.847. The quantitative estimate of drug-likeness (QED) is 0.429. The summed E-state index contributed by atoms with van der Waals surface area (Å²) in [7, 11) is -3.87. The van der Waals surface area contributed by atoms with Crippen molar-refractivity contribution in [1.29, 1.82) is 0 Å². The van der Waals surface area contributed by atoms with E-state index in [0.29, 0.717) is 37.2 Å². The Hall–Kier alpha value is -3.11. The van der Waals surface area contributed by atoms with Crippen LogP contribution in [0.25, 0.3) is 0 Å². The number of rotatable bonds is 7. The van der Waals surface area contributed by atoms with Crippen LogP contribution in [-0.4, -0.2) is 56.8 Å². The molecule has 0 saturated carbocycles. The fraction of sp³-hybridized carbons (Fsp3) is 0.310. The molecule has 5 rings (SSSR count). The minimum absolute atomic E-state index is 0.0466. The van der Waals surface area contributed by atoms with Gasteiger partial charge in [0.1, 0.15) is 10.6 Å². The lowest BCUT2D eigenvalue weighted by Crippen LogP contribution is -2.53. The average molecular weight is 603 g/mol.